The van der Waals surface area contributed by atoms with Crippen LogP contribution in [0.2, 0.25) is 0 Å². The molecule has 0 radical (unpaired) electrons. The van der Waals surface area contributed by atoms with E-state index in [9.17, 15) is 4.79 Å². The molecule has 14 heavy (non-hydrogen) atoms. The van der Waals surface area contributed by atoms with E-state index < -0.39 is 0 Å². The van der Waals surface area contributed by atoms with Crippen molar-refractivity contribution in [1.29, 1.82) is 0 Å². The van der Waals surface area contributed by atoms with Crippen LogP contribution in [0.4, 0.5) is 0 Å². The number of hydrogen-bond donors (Lipinski definition) is 0. The van der Waals surface area contributed by atoms with Crippen LogP contribution in [-0.4, -0.2) is 20.9 Å². The Morgan fingerprint density at radius 3 is 2.71 bits per heavy atom. The molecule has 0 bridgehead atoms. The van der Waals surface area contributed by atoms with Crippen molar-refractivity contribution < 1.29 is 4.79 Å². The number of aldehydes is 1. The van der Waals surface area contributed by atoms with E-state index in [0.717, 1.165) is 23.4 Å². The molecule has 2 aromatic heterocycles. The lowest BCUT2D eigenvalue weighted by Crippen LogP contribution is -1.97. The zero-order valence-corrected chi connectivity index (χ0v) is 8.40. The number of rotatable bonds is 1. The van der Waals surface area contributed by atoms with Crippen LogP contribution in [0, 0.1) is 20.8 Å². The van der Waals surface area contributed by atoms with Crippen LogP contribution >= 0.6 is 0 Å². The monoisotopic (exact) mass is 189 g/mol. The highest BCUT2D eigenvalue weighted by Gasteiger charge is 2.11. The molecular weight excluding hydrogens is 178 g/mol. The summed E-state index contributed by atoms with van der Waals surface area (Å²) in [5.74, 6) is 0. The topological polar surface area (TPSA) is 47.3 Å². The Labute approximate surface area is 81.6 Å². The van der Waals surface area contributed by atoms with Crippen molar-refractivity contribution in [2.45, 2.75) is 20.8 Å². The predicted molar refractivity (Wildman–Crippen MR) is 52.6 cm³/mol. The first-order chi connectivity index (χ1) is 6.63. The van der Waals surface area contributed by atoms with Crippen molar-refractivity contribution in [2.24, 2.45) is 0 Å². The molecule has 0 saturated carbocycles. The Morgan fingerprint density at radius 1 is 1.36 bits per heavy atom. The Morgan fingerprint density at radius 2 is 2.07 bits per heavy atom. The first kappa shape index (κ1) is 8.87. The molecule has 0 atom stereocenters. The van der Waals surface area contributed by atoms with Crippen LogP contribution in [0.3, 0.4) is 0 Å². The van der Waals surface area contributed by atoms with Gasteiger partial charge in [-0.1, -0.05) is 0 Å². The van der Waals surface area contributed by atoms with Crippen LogP contribution < -0.4 is 0 Å². The van der Waals surface area contributed by atoms with Gasteiger partial charge in [-0.15, -0.1) is 0 Å². The van der Waals surface area contributed by atoms with Gasteiger partial charge in [-0.05, 0) is 26.8 Å². The lowest BCUT2D eigenvalue weighted by atomic mass is 10.2. The second kappa shape index (κ2) is 2.90. The second-order valence-electron chi connectivity index (χ2n) is 3.39. The summed E-state index contributed by atoms with van der Waals surface area (Å²) < 4.78 is 1.70. The van der Waals surface area contributed by atoms with E-state index in [1.54, 1.807) is 4.52 Å². The zero-order valence-electron chi connectivity index (χ0n) is 8.40. The first-order valence-electron chi connectivity index (χ1n) is 4.42. The summed E-state index contributed by atoms with van der Waals surface area (Å²) in [5.41, 5.74) is 3.84. The normalized spacial score (nSPS) is 10.8. The highest BCUT2D eigenvalue weighted by Crippen LogP contribution is 2.13. The highest BCUT2D eigenvalue weighted by atomic mass is 16.1. The minimum absolute atomic E-state index is 0.580. The number of fused-ring (bicyclic) bond motifs is 1. The molecule has 4 heteroatoms. The third kappa shape index (κ3) is 1.11. The molecule has 2 heterocycles. The quantitative estimate of drug-likeness (QED) is 0.638. The zero-order chi connectivity index (χ0) is 10.3. The maximum atomic E-state index is 10.8. The van der Waals surface area contributed by atoms with E-state index in [0.29, 0.717) is 11.2 Å². The molecule has 2 aromatic rings. The summed E-state index contributed by atoms with van der Waals surface area (Å²) in [6, 6.07) is 1.94. The Bertz CT molecular complexity index is 514. The average Bonchev–Trinajstić information content (AvgIpc) is 2.41. The number of aromatic nitrogens is 3. The van der Waals surface area contributed by atoms with Crippen molar-refractivity contribution in [3.05, 3.63) is 28.7 Å². The standard InChI is InChI=1S/C10H11N3O/c1-6-4-7(2)13-10(11-6)9(5-14)8(3)12-13/h4-5H,1-3H3. The summed E-state index contributed by atoms with van der Waals surface area (Å²) in [6.45, 7) is 5.67. The first-order valence-corrected chi connectivity index (χ1v) is 4.42. The summed E-state index contributed by atoms with van der Waals surface area (Å²) in [4.78, 5) is 15.1. The average molecular weight is 189 g/mol. The van der Waals surface area contributed by atoms with Gasteiger partial charge < -0.3 is 0 Å². The van der Waals surface area contributed by atoms with Gasteiger partial charge in [-0.25, -0.2) is 9.50 Å². The maximum Gasteiger partial charge on any atom is 0.166 e. The summed E-state index contributed by atoms with van der Waals surface area (Å²) in [7, 11) is 0. The van der Waals surface area contributed by atoms with Crippen LogP contribution in [-0.2, 0) is 0 Å². The maximum absolute atomic E-state index is 10.8. The number of hydrogen-bond acceptors (Lipinski definition) is 3. The van der Waals surface area contributed by atoms with E-state index in [1.165, 1.54) is 0 Å². The molecule has 4 nitrogen and oxygen atoms in total. The van der Waals surface area contributed by atoms with Gasteiger partial charge in [0.05, 0.1) is 11.3 Å². The third-order valence-electron chi connectivity index (χ3n) is 2.23. The fourth-order valence-corrected chi connectivity index (χ4v) is 1.58. The molecule has 0 unspecified atom stereocenters. The molecule has 0 aliphatic heterocycles. The van der Waals surface area contributed by atoms with Crippen LogP contribution in [0.1, 0.15) is 27.4 Å². The molecular formula is C10H11N3O. The summed E-state index contributed by atoms with van der Waals surface area (Å²) in [6.07, 6.45) is 0.809. The molecule has 0 amide bonds. The van der Waals surface area contributed by atoms with Gasteiger partial charge in [0.1, 0.15) is 0 Å². The molecule has 0 N–H and O–H groups in total. The van der Waals surface area contributed by atoms with Crippen LogP contribution in [0.5, 0.6) is 0 Å². The fourth-order valence-electron chi connectivity index (χ4n) is 1.58. The number of carbonyl (C=O) groups excluding carboxylic acids is 1. The van der Waals surface area contributed by atoms with E-state index in [4.69, 9.17) is 0 Å². The van der Waals surface area contributed by atoms with Crippen molar-refractivity contribution in [1.82, 2.24) is 14.6 Å². The van der Waals surface area contributed by atoms with Crippen molar-refractivity contribution in [3.63, 3.8) is 0 Å². The predicted octanol–water partition coefficient (Wildman–Crippen LogP) is 1.47. The van der Waals surface area contributed by atoms with E-state index >= 15 is 0 Å². The van der Waals surface area contributed by atoms with Gasteiger partial charge in [0.2, 0.25) is 0 Å². The van der Waals surface area contributed by atoms with Gasteiger partial charge in [-0.2, -0.15) is 5.10 Å². The number of nitrogens with zero attached hydrogens (tertiary/aromatic N) is 3. The van der Waals surface area contributed by atoms with E-state index in [1.807, 2.05) is 26.8 Å². The molecule has 72 valence electrons. The Balaban J connectivity index is 2.94. The van der Waals surface area contributed by atoms with Crippen molar-refractivity contribution in [2.75, 3.05) is 0 Å². The second-order valence-corrected chi connectivity index (χ2v) is 3.39. The largest absolute Gasteiger partial charge is 0.298 e. The van der Waals surface area contributed by atoms with Crippen LogP contribution in [0.25, 0.3) is 5.65 Å². The molecule has 0 spiro atoms. The van der Waals surface area contributed by atoms with E-state index in [2.05, 4.69) is 10.1 Å². The number of aryl methyl sites for hydroxylation is 3. The highest BCUT2D eigenvalue weighted by molar-refractivity contribution is 5.85. The molecule has 0 fully saturated rings. The van der Waals surface area contributed by atoms with Crippen molar-refractivity contribution >= 4 is 11.9 Å². The molecule has 0 aliphatic rings. The van der Waals surface area contributed by atoms with Gasteiger partial charge in [0.25, 0.3) is 0 Å². The molecule has 0 saturated heterocycles. The van der Waals surface area contributed by atoms with Gasteiger partial charge in [0.15, 0.2) is 11.9 Å². The van der Waals surface area contributed by atoms with Crippen molar-refractivity contribution in [3.8, 4) is 0 Å². The number of carbonyl (C=O) groups is 1. The minimum Gasteiger partial charge on any atom is -0.298 e. The minimum atomic E-state index is 0.580. The smallest absolute Gasteiger partial charge is 0.166 e. The van der Waals surface area contributed by atoms with Crippen LogP contribution in [0.15, 0.2) is 6.07 Å². The molecule has 0 aromatic carbocycles. The van der Waals surface area contributed by atoms with Gasteiger partial charge >= 0.3 is 0 Å². The van der Waals surface area contributed by atoms with E-state index in [-0.39, 0.29) is 0 Å². The van der Waals surface area contributed by atoms with Gasteiger partial charge in [0, 0.05) is 11.4 Å². The Hall–Kier alpha value is -1.71. The lowest BCUT2D eigenvalue weighted by Gasteiger charge is -1.99. The van der Waals surface area contributed by atoms with Gasteiger partial charge in [-0.3, -0.25) is 4.79 Å². The lowest BCUT2D eigenvalue weighted by molar-refractivity contribution is 0.112. The third-order valence-corrected chi connectivity index (χ3v) is 2.23. The Kier molecular flexibility index (Phi) is 1.84. The molecule has 2 rings (SSSR count). The molecule has 0 aliphatic carbocycles. The SMILES string of the molecule is Cc1cc(C)n2nc(C)c(C=O)c2n1. The summed E-state index contributed by atoms with van der Waals surface area (Å²) in [5, 5.41) is 4.25. The fraction of sp³-hybridized carbons (Fsp3) is 0.300. The summed E-state index contributed by atoms with van der Waals surface area (Å²) >= 11 is 0.